The average molecular weight is 366 g/mol. The average Bonchev–Trinajstić information content (AvgIpc) is 2.68. The van der Waals surface area contributed by atoms with Gasteiger partial charge < -0.3 is 16.0 Å². The van der Waals surface area contributed by atoms with Crippen molar-refractivity contribution in [2.45, 2.75) is 6.92 Å². The predicted molar refractivity (Wildman–Crippen MR) is 102 cm³/mol. The third-order valence-electron chi connectivity index (χ3n) is 3.64. The zero-order valence-electron chi connectivity index (χ0n) is 14.7. The van der Waals surface area contributed by atoms with E-state index in [1.165, 1.54) is 18.2 Å². The molecule has 138 valence electrons. The van der Waals surface area contributed by atoms with E-state index in [1.807, 2.05) is 19.1 Å². The lowest BCUT2D eigenvalue weighted by molar-refractivity contribution is 0.0954. The van der Waals surface area contributed by atoms with Crippen molar-refractivity contribution >= 4 is 23.4 Å². The summed E-state index contributed by atoms with van der Waals surface area (Å²) in [6.07, 6.45) is 1.77. The molecule has 0 bridgehead atoms. The van der Waals surface area contributed by atoms with Gasteiger partial charge in [-0.25, -0.2) is 9.37 Å². The molecule has 0 unspecified atom stereocenters. The molecule has 0 aliphatic rings. The standard InChI is InChI=1S/C19H19FN6O/c1-13-5-6-16(23-12-13)24-18-8-7-17(25-26-18)21-9-10-22-19(27)14-3-2-4-15(20)11-14/h2-8,11-12H,9-10H2,1H3,(H,21,25)(H,22,27)(H,23,24,26). The minimum Gasteiger partial charge on any atom is -0.367 e. The van der Waals surface area contributed by atoms with Gasteiger partial charge in [0.25, 0.3) is 5.91 Å². The van der Waals surface area contributed by atoms with Gasteiger partial charge >= 0.3 is 0 Å². The highest BCUT2D eigenvalue weighted by Crippen LogP contribution is 2.12. The summed E-state index contributed by atoms with van der Waals surface area (Å²) in [6, 6.07) is 12.9. The summed E-state index contributed by atoms with van der Waals surface area (Å²) < 4.78 is 13.1. The van der Waals surface area contributed by atoms with E-state index in [-0.39, 0.29) is 11.5 Å². The first kappa shape index (κ1) is 18.2. The fourth-order valence-electron chi connectivity index (χ4n) is 2.26. The second kappa shape index (κ2) is 8.70. The van der Waals surface area contributed by atoms with Crippen LogP contribution < -0.4 is 16.0 Å². The van der Waals surface area contributed by atoms with Crippen LogP contribution >= 0.6 is 0 Å². The zero-order valence-corrected chi connectivity index (χ0v) is 14.7. The van der Waals surface area contributed by atoms with E-state index in [0.29, 0.717) is 30.5 Å². The summed E-state index contributed by atoms with van der Waals surface area (Å²) in [7, 11) is 0. The molecule has 1 aromatic carbocycles. The van der Waals surface area contributed by atoms with Crippen molar-refractivity contribution in [3.63, 3.8) is 0 Å². The lowest BCUT2D eigenvalue weighted by atomic mass is 10.2. The third-order valence-corrected chi connectivity index (χ3v) is 3.64. The molecule has 1 amide bonds. The van der Waals surface area contributed by atoms with Crippen molar-refractivity contribution in [3.8, 4) is 0 Å². The van der Waals surface area contributed by atoms with Crippen LogP contribution in [0.3, 0.4) is 0 Å². The Labute approximate surface area is 156 Å². The maximum Gasteiger partial charge on any atom is 0.251 e. The second-order valence-electron chi connectivity index (χ2n) is 5.84. The molecule has 3 aromatic rings. The zero-order chi connectivity index (χ0) is 19.1. The van der Waals surface area contributed by atoms with E-state index in [1.54, 1.807) is 24.4 Å². The number of hydrogen-bond acceptors (Lipinski definition) is 6. The van der Waals surface area contributed by atoms with Crippen molar-refractivity contribution in [3.05, 3.63) is 71.7 Å². The molecule has 3 N–H and O–H groups in total. The molecule has 0 saturated heterocycles. The minimum absolute atomic E-state index is 0.287. The first-order valence-electron chi connectivity index (χ1n) is 8.41. The summed E-state index contributed by atoms with van der Waals surface area (Å²) in [4.78, 5) is 16.1. The molecule has 2 aromatic heterocycles. The van der Waals surface area contributed by atoms with Crippen molar-refractivity contribution in [1.29, 1.82) is 0 Å². The first-order chi connectivity index (χ1) is 13.1. The molecule has 8 heteroatoms. The monoisotopic (exact) mass is 366 g/mol. The van der Waals surface area contributed by atoms with Crippen LogP contribution in [0.2, 0.25) is 0 Å². The van der Waals surface area contributed by atoms with E-state index < -0.39 is 5.82 Å². The number of carbonyl (C=O) groups excluding carboxylic acids is 1. The molecule has 0 radical (unpaired) electrons. The van der Waals surface area contributed by atoms with Crippen LogP contribution in [-0.2, 0) is 0 Å². The Morgan fingerprint density at radius 2 is 1.78 bits per heavy atom. The number of benzene rings is 1. The van der Waals surface area contributed by atoms with Gasteiger partial charge in [-0.05, 0) is 48.9 Å². The van der Waals surface area contributed by atoms with Gasteiger partial charge in [0.05, 0.1) is 0 Å². The second-order valence-corrected chi connectivity index (χ2v) is 5.84. The number of nitrogens with zero attached hydrogens (tertiary/aromatic N) is 3. The highest BCUT2D eigenvalue weighted by Gasteiger charge is 2.05. The molecule has 27 heavy (non-hydrogen) atoms. The fraction of sp³-hybridized carbons (Fsp3) is 0.158. The summed E-state index contributed by atoms with van der Waals surface area (Å²) in [6.45, 7) is 2.80. The molecular weight excluding hydrogens is 347 g/mol. The minimum atomic E-state index is -0.439. The Balaban J connectivity index is 1.43. The number of rotatable bonds is 7. The van der Waals surface area contributed by atoms with E-state index in [2.05, 4.69) is 31.1 Å². The van der Waals surface area contributed by atoms with E-state index in [0.717, 1.165) is 5.56 Å². The highest BCUT2D eigenvalue weighted by atomic mass is 19.1. The van der Waals surface area contributed by atoms with Gasteiger partial charge in [-0.1, -0.05) is 12.1 Å². The van der Waals surface area contributed by atoms with Crippen LogP contribution in [-0.4, -0.2) is 34.2 Å². The third kappa shape index (κ3) is 5.46. The molecule has 0 aliphatic heterocycles. The fourth-order valence-corrected chi connectivity index (χ4v) is 2.26. The van der Waals surface area contributed by atoms with Crippen molar-refractivity contribution < 1.29 is 9.18 Å². The number of halogens is 1. The smallest absolute Gasteiger partial charge is 0.251 e. The maximum atomic E-state index is 13.1. The Morgan fingerprint density at radius 1 is 1.00 bits per heavy atom. The van der Waals surface area contributed by atoms with E-state index in [4.69, 9.17) is 0 Å². The number of aromatic nitrogens is 3. The van der Waals surface area contributed by atoms with Crippen molar-refractivity contribution in [1.82, 2.24) is 20.5 Å². The summed E-state index contributed by atoms with van der Waals surface area (Å²) in [5, 5.41) is 17.0. The van der Waals surface area contributed by atoms with Crippen molar-refractivity contribution in [2.75, 3.05) is 23.7 Å². The van der Waals surface area contributed by atoms with Gasteiger partial charge in [-0.15, -0.1) is 10.2 Å². The normalized spacial score (nSPS) is 10.3. The molecule has 0 aliphatic carbocycles. The largest absolute Gasteiger partial charge is 0.367 e. The molecule has 0 atom stereocenters. The maximum absolute atomic E-state index is 13.1. The first-order valence-corrected chi connectivity index (χ1v) is 8.41. The van der Waals surface area contributed by atoms with Crippen LogP contribution in [0.15, 0.2) is 54.7 Å². The molecular formula is C19H19FN6O. The molecule has 0 saturated carbocycles. The van der Waals surface area contributed by atoms with Gasteiger partial charge in [0.1, 0.15) is 17.5 Å². The Morgan fingerprint density at radius 3 is 2.48 bits per heavy atom. The van der Waals surface area contributed by atoms with E-state index >= 15 is 0 Å². The number of nitrogens with one attached hydrogen (secondary N) is 3. The molecule has 0 spiro atoms. The van der Waals surface area contributed by atoms with E-state index in [9.17, 15) is 9.18 Å². The van der Waals surface area contributed by atoms with Gasteiger partial charge in [0, 0.05) is 24.8 Å². The quantitative estimate of drug-likeness (QED) is 0.557. The number of pyridine rings is 1. The number of aryl methyl sites for hydroxylation is 1. The van der Waals surface area contributed by atoms with Crippen LogP contribution in [0.5, 0.6) is 0 Å². The van der Waals surface area contributed by atoms with Gasteiger partial charge in [0.15, 0.2) is 5.82 Å². The summed E-state index contributed by atoms with van der Waals surface area (Å²) >= 11 is 0. The SMILES string of the molecule is Cc1ccc(Nc2ccc(NCCNC(=O)c3cccc(F)c3)nn2)nc1. The summed E-state index contributed by atoms with van der Waals surface area (Å²) in [5.74, 6) is 1.09. The summed E-state index contributed by atoms with van der Waals surface area (Å²) in [5.41, 5.74) is 1.37. The van der Waals surface area contributed by atoms with Crippen LogP contribution in [0.1, 0.15) is 15.9 Å². The molecule has 2 heterocycles. The lowest BCUT2D eigenvalue weighted by Gasteiger charge is -2.08. The molecule has 0 fully saturated rings. The van der Waals surface area contributed by atoms with Crippen LogP contribution in [0.25, 0.3) is 0 Å². The number of amides is 1. The number of anilines is 3. The Bertz CT molecular complexity index is 899. The number of hydrogen-bond donors (Lipinski definition) is 3. The van der Waals surface area contributed by atoms with Gasteiger partial charge in [0.2, 0.25) is 0 Å². The van der Waals surface area contributed by atoms with Gasteiger partial charge in [-0.3, -0.25) is 4.79 Å². The topological polar surface area (TPSA) is 91.8 Å². The van der Waals surface area contributed by atoms with Crippen LogP contribution in [0, 0.1) is 12.7 Å². The number of carbonyl (C=O) groups is 1. The predicted octanol–water partition coefficient (Wildman–Crippen LogP) is 2.90. The van der Waals surface area contributed by atoms with Crippen molar-refractivity contribution in [2.24, 2.45) is 0 Å². The Kier molecular flexibility index (Phi) is 5.88. The van der Waals surface area contributed by atoms with Crippen LogP contribution in [0.4, 0.5) is 21.8 Å². The highest BCUT2D eigenvalue weighted by molar-refractivity contribution is 5.94. The lowest BCUT2D eigenvalue weighted by Crippen LogP contribution is -2.29. The molecule has 7 nitrogen and oxygen atoms in total. The Hall–Kier alpha value is -3.55. The van der Waals surface area contributed by atoms with Gasteiger partial charge in [-0.2, -0.15) is 0 Å². The molecule has 3 rings (SSSR count).